The summed E-state index contributed by atoms with van der Waals surface area (Å²) in [7, 11) is 1.96. The molecule has 6 heteroatoms. The Kier molecular flexibility index (Phi) is 3.47. The van der Waals surface area contributed by atoms with Gasteiger partial charge in [0, 0.05) is 37.1 Å². The molecule has 3 saturated heterocycles. The normalized spacial score (nSPS) is 29.9. The van der Waals surface area contributed by atoms with Crippen molar-refractivity contribution in [1.82, 2.24) is 14.4 Å². The molecule has 0 saturated carbocycles. The highest BCUT2D eigenvalue weighted by Crippen LogP contribution is 2.49. The maximum Gasteiger partial charge on any atom is 0.256 e. The second-order valence-electron chi connectivity index (χ2n) is 8.37. The number of carbonyl (C=O) groups is 2. The minimum Gasteiger partial charge on any atom is -0.351 e. The second kappa shape index (κ2) is 5.58. The first-order chi connectivity index (χ1) is 12.9. The van der Waals surface area contributed by atoms with Crippen molar-refractivity contribution in [2.45, 2.75) is 44.5 Å². The van der Waals surface area contributed by atoms with Gasteiger partial charge in [-0.2, -0.15) is 0 Å². The van der Waals surface area contributed by atoms with E-state index in [0.717, 1.165) is 10.9 Å². The number of benzene rings is 1. The Morgan fingerprint density at radius 3 is 2.85 bits per heavy atom. The third-order valence-corrected chi connectivity index (χ3v) is 6.65. The maximum absolute atomic E-state index is 13.5. The molecule has 1 spiro atoms. The van der Waals surface area contributed by atoms with E-state index >= 15 is 0 Å². The Morgan fingerprint density at radius 2 is 2.07 bits per heavy atom. The molecule has 0 N–H and O–H groups in total. The number of ether oxygens (including phenoxy) is 1. The van der Waals surface area contributed by atoms with Crippen molar-refractivity contribution in [3.8, 4) is 0 Å². The predicted octanol–water partition coefficient (Wildman–Crippen LogP) is 2.38. The molecule has 2 amide bonds. The fourth-order valence-electron chi connectivity index (χ4n) is 5.28. The van der Waals surface area contributed by atoms with Gasteiger partial charge in [-0.1, -0.05) is 32.0 Å². The van der Waals surface area contributed by atoms with Gasteiger partial charge in [0.15, 0.2) is 5.72 Å². The van der Waals surface area contributed by atoms with Crippen LogP contribution in [-0.2, 0) is 16.6 Å². The number of hydrogen-bond donors (Lipinski definition) is 0. The Hall–Kier alpha value is -2.34. The van der Waals surface area contributed by atoms with Crippen molar-refractivity contribution < 1.29 is 14.3 Å². The minimum absolute atomic E-state index is 0.0000723. The Bertz CT molecular complexity index is 949. The lowest BCUT2D eigenvalue weighted by Gasteiger charge is -2.34. The molecule has 27 heavy (non-hydrogen) atoms. The molecule has 3 aliphatic heterocycles. The van der Waals surface area contributed by atoms with Gasteiger partial charge in [0.05, 0.1) is 30.7 Å². The molecule has 0 radical (unpaired) electrons. The zero-order chi connectivity index (χ0) is 18.9. The van der Waals surface area contributed by atoms with E-state index in [1.165, 1.54) is 0 Å². The van der Waals surface area contributed by atoms with Crippen LogP contribution >= 0.6 is 0 Å². The highest BCUT2D eigenvalue weighted by molar-refractivity contribution is 6.07. The topological polar surface area (TPSA) is 54.8 Å². The van der Waals surface area contributed by atoms with E-state index in [9.17, 15) is 9.59 Å². The average Bonchev–Trinajstić information content (AvgIpc) is 3.35. The van der Waals surface area contributed by atoms with Crippen LogP contribution < -0.4 is 0 Å². The lowest BCUT2D eigenvalue weighted by atomic mass is 10.0. The Morgan fingerprint density at radius 1 is 1.30 bits per heavy atom. The number of nitrogens with zero attached hydrogens (tertiary/aromatic N) is 3. The van der Waals surface area contributed by atoms with E-state index in [1.54, 1.807) is 0 Å². The molecule has 3 fully saturated rings. The lowest BCUT2D eigenvalue weighted by Crippen LogP contribution is -2.51. The molecule has 2 aromatic rings. The maximum atomic E-state index is 13.5. The van der Waals surface area contributed by atoms with E-state index in [2.05, 4.69) is 13.8 Å². The summed E-state index contributed by atoms with van der Waals surface area (Å²) in [5.41, 5.74) is 1.12. The highest BCUT2D eigenvalue weighted by atomic mass is 16.5. The molecule has 0 unspecified atom stereocenters. The van der Waals surface area contributed by atoms with E-state index < -0.39 is 5.72 Å². The first kappa shape index (κ1) is 16.8. The average molecular weight is 367 g/mol. The predicted molar refractivity (Wildman–Crippen MR) is 101 cm³/mol. The zero-order valence-corrected chi connectivity index (χ0v) is 16.0. The molecule has 4 heterocycles. The summed E-state index contributed by atoms with van der Waals surface area (Å²) in [5, 5.41) is 0.958. The van der Waals surface area contributed by atoms with Crippen molar-refractivity contribution in [1.29, 1.82) is 0 Å². The first-order valence-electron chi connectivity index (χ1n) is 9.75. The molecule has 5 rings (SSSR count). The monoisotopic (exact) mass is 367 g/mol. The molecule has 3 atom stereocenters. The van der Waals surface area contributed by atoms with Gasteiger partial charge in [-0.15, -0.1) is 0 Å². The van der Waals surface area contributed by atoms with Crippen LogP contribution in [0.3, 0.4) is 0 Å². The summed E-state index contributed by atoms with van der Waals surface area (Å²) < 4.78 is 8.24. The van der Waals surface area contributed by atoms with Gasteiger partial charge in [0.1, 0.15) is 0 Å². The summed E-state index contributed by atoms with van der Waals surface area (Å²) >= 11 is 0. The summed E-state index contributed by atoms with van der Waals surface area (Å²) in [5.74, 6) is 0.460. The van der Waals surface area contributed by atoms with Crippen LogP contribution in [0, 0.1) is 5.92 Å². The van der Waals surface area contributed by atoms with Crippen molar-refractivity contribution in [3.05, 3.63) is 36.0 Å². The fourth-order valence-corrected chi connectivity index (χ4v) is 5.28. The van der Waals surface area contributed by atoms with Crippen LogP contribution in [0.5, 0.6) is 0 Å². The molecule has 1 aromatic carbocycles. The molecular formula is C21H25N3O3. The van der Waals surface area contributed by atoms with E-state index in [-0.39, 0.29) is 23.9 Å². The minimum atomic E-state index is -0.619. The highest BCUT2D eigenvalue weighted by Gasteiger charge is 2.65. The van der Waals surface area contributed by atoms with Crippen LogP contribution in [0.2, 0.25) is 0 Å². The van der Waals surface area contributed by atoms with Crippen molar-refractivity contribution in [2.75, 3.05) is 13.2 Å². The summed E-state index contributed by atoms with van der Waals surface area (Å²) in [4.78, 5) is 30.1. The third kappa shape index (κ3) is 2.10. The molecule has 0 aliphatic carbocycles. The van der Waals surface area contributed by atoms with Crippen LogP contribution in [0.1, 0.15) is 37.0 Å². The molecular weight excluding hydrogens is 342 g/mol. The van der Waals surface area contributed by atoms with E-state index in [1.807, 2.05) is 51.9 Å². The largest absolute Gasteiger partial charge is 0.351 e. The van der Waals surface area contributed by atoms with Gasteiger partial charge in [-0.25, -0.2) is 0 Å². The number of aromatic nitrogens is 1. The fraction of sp³-hybridized carbons (Fsp3) is 0.524. The SMILES string of the molecule is CC(C)[C@@H]1CO[C@@]23CCN(C(=O)c4cn(C)c5ccccc45)[C@@H]2CC(=O)N13. The number of amides is 2. The lowest BCUT2D eigenvalue weighted by molar-refractivity contribution is -0.139. The van der Waals surface area contributed by atoms with Crippen LogP contribution in [0.25, 0.3) is 10.9 Å². The van der Waals surface area contributed by atoms with Gasteiger partial charge in [-0.05, 0) is 12.0 Å². The zero-order valence-electron chi connectivity index (χ0n) is 16.0. The van der Waals surface area contributed by atoms with Gasteiger partial charge in [-0.3, -0.25) is 9.59 Å². The Labute approximate surface area is 158 Å². The summed E-state index contributed by atoms with van der Waals surface area (Å²) in [6, 6.07) is 7.86. The number of fused-ring (bicyclic) bond motifs is 1. The smallest absolute Gasteiger partial charge is 0.256 e. The molecule has 6 nitrogen and oxygen atoms in total. The van der Waals surface area contributed by atoms with Crippen LogP contribution in [0.4, 0.5) is 0 Å². The van der Waals surface area contributed by atoms with Gasteiger partial charge in [0.25, 0.3) is 5.91 Å². The summed E-state index contributed by atoms with van der Waals surface area (Å²) in [6.07, 6.45) is 2.96. The van der Waals surface area contributed by atoms with Crippen molar-refractivity contribution in [3.63, 3.8) is 0 Å². The number of rotatable bonds is 2. The molecule has 1 aromatic heterocycles. The molecule has 0 bridgehead atoms. The third-order valence-electron chi connectivity index (χ3n) is 6.65. The van der Waals surface area contributed by atoms with E-state index in [4.69, 9.17) is 4.74 Å². The number of para-hydroxylation sites is 1. The van der Waals surface area contributed by atoms with Crippen molar-refractivity contribution in [2.24, 2.45) is 13.0 Å². The Balaban J connectivity index is 1.51. The van der Waals surface area contributed by atoms with Gasteiger partial charge in [0.2, 0.25) is 5.91 Å². The molecule has 142 valence electrons. The number of carbonyl (C=O) groups excluding carboxylic acids is 2. The second-order valence-corrected chi connectivity index (χ2v) is 8.37. The van der Waals surface area contributed by atoms with Crippen LogP contribution in [-0.4, -0.2) is 57.1 Å². The number of likely N-dealkylation sites (tertiary alicyclic amines) is 1. The number of hydrogen-bond acceptors (Lipinski definition) is 3. The van der Waals surface area contributed by atoms with Gasteiger partial charge < -0.3 is 19.1 Å². The quantitative estimate of drug-likeness (QED) is 0.819. The molecule has 3 aliphatic rings. The van der Waals surface area contributed by atoms with Gasteiger partial charge >= 0.3 is 0 Å². The van der Waals surface area contributed by atoms with E-state index in [0.29, 0.717) is 37.5 Å². The first-order valence-corrected chi connectivity index (χ1v) is 9.75. The summed E-state index contributed by atoms with van der Waals surface area (Å²) in [6.45, 7) is 5.45. The van der Waals surface area contributed by atoms with Crippen molar-refractivity contribution >= 4 is 22.7 Å². The van der Waals surface area contributed by atoms with Crippen LogP contribution in [0.15, 0.2) is 30.5 Å². The number of aryl methyl sites for hydroxylation is 1. The standard InChI is InChI=1S/C21H25N3O3/c1-13(2)17-12-27-21-8-9-23(18(21)10-19(25)24(17)21)20(26)15-11-22(3)16-7-5-4-6-14(15)16/h4-7,11,13,17-18H,8-10,12H2,1-3H3/t17-,18+,21-/m0/s1.